The normalized spacial score (nSPS) is 19.2. The smallest absolute Gasteiger partial charge is 0.268 e. The van der Waals surface area contributed by atoms with Gasteiger partial charge < -0.3 is 0 Å². The molecule has 0 saturated heterocycles. The van der Waals surface area contributed by atoms with Crippen LogP contribution in [-0.2, 0) is 10.0 Å². The van der Waals surface area contributed by atoms with Crippen molar-refractivity contribution >= 4 is 31.9 Å². The Kier molecular flexibility index (Phi) is 3.03. The molecule has 1 aromatic rings. The second kappa shape index (κ2) is 4.10. The Morgan fingerprint density at radius 1 is 1.41 bits per heavy atom. The third kappa shape index (κ3) is 1.70. The Bertz CT molecular complexity index is 582. The molecule has 0 spiro atoms. The van der Waals surface area contributed by atoms with Crippen LogP contribution < -0.4 is 0 Å². The highest BCUT2D eigenvalue weighted by atomic mass is 79.9. The number of fused-ring (bicyclic) bond motifs is 1. The molecule has 0 saturated carbocycles. The average Bonchev–Trinajstić information content (AvgIpc) is 2.47. The van der Waals surface area contributed by atoms with Gasteiger partial charge in [-0.15, -0.1) is 0 Å². The van der Waals surface area contributed by atoms with E-state index in [-0.39, 0.29) is 16.5 Å². The zero-order chi connectivity index (χ0) is 12.8. The van der Waals surface area contributed by atoms with Crippen molar-refractivity contribution in [3.8, 4) is 0 Å². The minimum Gasteiger partial charge on any atom is -0.268 e. The summed E-state index contributed by atoms with van der Waals surface area (Å²) in [6, 6.07) is 4.43. The van der Waals surface area contributed by atoms with Crippen molar-refractivity contribution in [2.75, 3.05) is 0 Å². The lowest BCUT2D eigenvalue weighted by Crippen LogP contribution is -2.37. The van der Waals surface area contributed by atoms with E-state index in [1.807, 2.05) is 6.92 Å². The Morgan fingerprint density at radius 3 is 2.59 bits per heavy atom. The van der Waals surface area contributed by atoms with Gasteiger partial charge >= 0.3 is 0 Å². The summed E-state index contributed by atoms with van der Waals surface area (Å²) in [5.41, 5.74) is 0.243. The van der Waals surface area contributed by atoms with Crippen LogP contribution in [-0.4, -0.2) is 24.7 Å². The number of hydrogen-bond donors (Lipinski definition) is 0. The van der Waals surface area contributed by atoms with Crippen LogP contribution in [0.5, 0.6) is 0 Å². The largest absolute Gasteiger partial charge is 0.270 e. The van der Waals surface area contributed by atoms with Gasteiger partial charge in [0, 0.05) is 10.5 Å². The van der Waals surface area contributed by atoms with Crippen molar-refractivity contribution in [2.24, 2.45) is 0 Å². The minimum atomic E-state index is -3.68. The SMILES string of the molecule is CCC(C)N1C(=O)c2c(Br)cccc2S1(=O)=O. The molecule has 1 aromatic carbocycles. The number of sulfonamides is 1. The number of amides is 1. The molecule has 0 radical (unpaired) electrons. The van der Waals surface area contributed by atoms with Crippen LogP contribution in [0.2, 0.25) is 0 Å². The Hall–Kier alpha value is -0.880. The molecule has 1 aliphatic rings. The highest BCUT2D eigenvalue weighted by Crippen LogP contribution is 2.36. The van der Waals surface area contributed by atoms with Crippen molar-refractivity contribution < 1.29 is 13.2 Å². The van der Waals surface area contributed by atoms with Crippen LogP contribution in [0, 0.1) is 0 Å². The molecule has 6 heteroatoms. The van der Waals surface area contributed by atoms with E-state index in [9.17, 15) is 13.2 Å². The van der Waals surface area contributed by atoms with Crippen LogP contribution in [0.3, 0.4) is 0 Å². The highest BCUT2D eigenvalue weighted by molar-refractivity contribution is 9.10. The van der Waals surface area contributed by atoms with E-state index in [0.29, 0.717) is 10.9 Å². The number of benzene rings is 1. The number of rotatable bonds is 2. The highest BCUT2D eigenvalue weighted by Gasteiger charge is 2.44. The van der Waals surface area contributed by atoms with Crippen LogP contribution in [0.4, 0.5) is 0 Å². The molecular formula is C11H12BrNO3S. The van der Waals surface area contributed by atoms with E-state index < -0.39 is 15.9 Å². The van der Waals surface area contributed by atoms with Crippen molar-refractivity contribution in [3.63, 3.8) is 0 Å². The van der Waals surface area contributed by atoms with Gasteiger partial charge in [0.05, 0.1) is 5.56 Å². The summed E-state index contributed by atoms with van der Waals surface area (Å²) in [5.74, 6) is -0.443. The molecule has 1 heterocycles. The van der Waals surface area contributed by atoms with Gasteiger partial charge in [-0.2, -0.15) is 0 Å². The average molecular weight is 318 g/mol. The third-order valence-corrected chi connectivity index (χ3v) is 5.52. The lowest BCUT2D eigenvalue weighted by atomic mass is 10.2. The van der Waals surface area contributed by atoms with Gasteiger partial charge in [0.15, 0.2) is 0 Å². The zero-order valence-electron chi connectivity index (χ0n) is 9.47. The Balaban J connectivity index is 2.69. The monoisotopic (exact) mass is 317 g/mol. The summed E-state index contributed by atoms with van der Waals surface area (Å²) >= 11 is 3.23. The van der Waals surface area contributed by atoms with Gasteiger partial charge in [0.25, 0.3) is 15.9 Å². The van der Waals surface area contributed by atoms with E-state index in [4.69, 9.17) is 0 Å². The molecule has 0 aliphatic carbocycles. The third-order valence-electron chi connectivity index (χ3n) is 2.92. The number of carbonyl (C=O) groups is 1. The Labute approximate surface area is 109 Å². The van der Waals surface area contributed by atoms with Crippen LogP contribution in [0.25, 0.3) is 0 Å². The number of nitrogens with zero attached hydrogens (tertiary/aromatic N) is 1. The molecule has 1 amide bonds. The van der Waals surface area contributed by atoms with E-state index in [2.05, 4.69) is 15.9 Å². The molecule has 92 valence electrons. The molecule has 1 aliphatic heterocycles. The standard InChI is InChI=1S/C11H12BrNO3S/c1-3-7(2)13-11(14)10-8(12)5-4-6-9(10)17(13,15)16/h4-7H,3H2,1-2H3. The minimum absolute atomic E-state index is 0.0946. The van der Waals surface area contributed by atoms with Gasteiger partial charge in [-0.3, -0.25) is 4.79 Å². The maximum atomic E-state index is 12.2. The van der Waals surface area contributed by atoms with E-state index in [0.717, 1.165) is 4.31 Å². The first-order chi connectivity index (χ1) is 7.91. The molecule has 1 atom stereocenters. The fourth-order valence-corrected chi connectivity index (χ4v) is 4.37. The fourth-order valence-electron chi connectivity index (χ4n) is 1.86. The van der Waals surface area contributed by atoms with Gasteiger partial charge in [-0.05, 0) is 41.4 Å². The maximum absolute atomic E-state index is 12.2. The number of carbonyl (C=O) groups excluding carboxylic acids is 1. The van der Waals surface area contributed by atoms with Crippen molar-refractivity contribution in [3.05, 3.63) is 28.2 Å². The summed E-state index contributed by atoms with van der Waals surface area (Å²) in [7, 11) is -3.68. The van der Waals surface area contributed by atoms with E-state index >= 15 is 0 Å². The molecule has 4 nitrogen and oxygen atoms in total. The summed E-state index contributed by atoms with van der Waals surface area (Å²) < 4.78 is 26.0. The molecule has 0 aromatic heterocycles. The summed E-state index contributed by atoms with van der Waals surface area (Å²) in [4.78, 5) is 12.2. The second-order valence-electron chi connectivity index (χ2n) is 3.98. The van der Waals surface area contributed by atoms with Crippen molar-refractivity contribution in [1.29, 1.82) is 0 Å². The second-order valence-corrected chi connectivity index (χ2v) is 6.61. The molecule has 0 N–H and O–H groups in total. The summed E-state index contributed by atoms with van der Waals surface area (Å²) in [5, 5.41) is 0. The molecule has 0 bridgehead atoms. The maximum Gasteiger partial charge on any atom is 0.270 e. The molecule has 2 rings (SSSR count). The number of halogens is 1. The summed E-state index contributed by atoms with van der Waals surface area (Å²) in [6.07, 6.45) is 0.594. The van der Waals surface area contributed by atoms with Crippen LogP contribution >= 0.6 is 15.9 Å². The fraction of sp³-hybridized carbons (Fsp3) is 0.364. The van der Waals surface area contributed by atoms with Crippen molar-refractivity contribution in [2.45, 2.75) is 31.2 Å². The van der Waals surface area contributed by atoms with Gasteiger partial charge in [0.2, 0.25) is 0 Å². The van der Waals surface area contributed by atoms with Crippen LogP contribution in [0.15, 0.2) is 27.6 Å². The lowest BCUT2D eigenvalue weighted by molar-refractivity contribution is 0.0837. The van der Waals surface area contributed by atoms with E-state index in [1.165, 1.54) is 6.07 Å². The first-order valence-corrected chi connectivity index (χ1v) is 7.51. The molecule has 1 unspecified atom stereocenters. The molecule has 0 fully saturated rings. The van der Waals surface area contributed by atoms with Gasteiger partial charge in [-0.25, -0.2) is 12.7 Å². The quantitative estimate of drug-likeness (QED) is 0.841. The van der Waals surface area contributed by atoms with Crippen LogP contribution in [0.1, 0.15) is 30.6 Å². The number of hydrogen-bond acceptors (Lipinski definition) is 3. The Morgan fingerprint density at radius 2 is 2.06 bits per heavy atom. The molecule has 17 heavy (non-hydrogen) atoms. The summed E-state index contributed by atoms with van der Waals surface area (Å²) in [6.45, 7) is 3.58. The first-order valence-electron chi connectivity index (χ1n) is 5.28. The topological polar surface area (TPSA) is 54.5 Å². The lowest BCUT2D eigenvalue weighted by Gasteiger charge is -2.21. The predicted molar refractivity (Wildman–Crippen MR) is 67.3 cm³/mol. The first kappa shape index (κ1) is 12.6. The van der Waals surface area contributed by atoms with E-state index in [1.54, 1.807) is 19.1 Å². The predicted octanol–water partition coefficient (Wildman–Crippen LogP) is 2.39. The zero-order valence-corrected chi connectivity index (χ0v) is 11.9. The van der Waals surface area contributed by atoms with Gasteiger partial charge in [0.1, 0.15) is 4.90 Å². The van der Waals surface area contributed by atoms with Crippen molar-refractivity contribution in [1.82, 2.24) is 4.31 Å². The van der Waals surface area contributed by atoms with Gasteiger partial charge in [-0.1, -0.05) is 13.0 Å². The molecular weight excluding hydrogens is 306 g/mol.